The zero-order valence-electron chi connectivity index (χ0n) is 18.7. The van der Waals surface area contributed by atoms with Crippen molar-refractivity contribution in [1.29, 1.82) is 0 Å². The van der Waals surface area contributed by atoms with Crippen LogP contribution in [0.15, 0.2) is 40.2 Å². The average Bonchev–Trinajstić information content (AvgIpc) is 3.34. The van der Waals surface area contributed by atoms with Gasteiger partial charge in [-0.1, -0.05) is 55.8 Å². The van der Waals surface area contributed by atoms with Crippen molar-refractivity contribution >= 4 is 17.2 Å². The predicted molar refractivity (Wildman–Crippen MR) is 123 cm³/mol. The van der Waals surface area contributed by atoms with Gasteiger partial charge in [-0.25, -0.2) is 4.98 Å². The van der Waals surface area contributed by atoms with Gasteiger partial charge >= 0.3 is 0 Å². The van der Waals surface area contributed by atoms with Crippen LogP contribution in [0.3, 0.4) is 0 Å². The second-order valence-electron chi connectivity index (χ2n) is 9.26. The molecule has 0 radical (unpaired) electrons. The van der Waals surface area contributed by atoms with Crippen molar-refractivity contribution < 1.29 is 9.32 Å². The number of hydrogen-bond donors (Lipinski definition) is 0. The fraction of sp³-hybridized carbons (Fsp3) is 0.458. The summed E-state index contributed by atoms with van der Waals surface area (Å²) < 4.78 is 5.45. The molecule has 0 bridgehead atoms. The Bertz CT molecular complexity index is 1030. The smallest absolute Gasteiger partial charge is 0.276 e. The van der Waals surface area contributed by atoms with E-state index in [2.05, 4.69) is 36.2 Å². The summed E-state index contributed by atoms with van der Waals surface area (Å²) in [6, 6.07) is 9.76. The van der Waals surface area contributed by atoms with Gasteiger partial charge in [0.2, 0.25) is 0 Å². The standard InChI is InChI=1S/C24H30N4O2S/c1-17-6-8-18(9-7-17)21-14-20(26-30-21)22(29)28-11-5-10-27(12-13-28)15-19-16-31-23(25-19)24(2,3)4/h6-9,14,16H,5,10-13,15H2,1-4H3. The molecule has 0 spiro atoms. The van der Waals surface area contributed by atoms with Crippen LogP contribution in [0.2, 0.25) is 0 Å². The number of aryl methyl sites for hydroxylation is 1. The maximum Gasteiger partial charge on any atom is 0.276 e. The minimum absolute atomic E-state index is 0.0624. The Morgan fingerprint density at radius 3 is 2.61 bits per heavy atom. The summed E-state index contributed by atoms with van der Waals surface area (Å²) in [4.78, 5) is 22.1. The first-order valence-corrected chi connectivity index (χ1v) is 11.7. The number of nitrogens with zero attached hydrogens (tertiary/aromatic N) is 4. The van der Waals surface area contributed by atoms with Crippen molar-refractivity contribution in [2.24, 2.45) is 0 Å². The lowest BCUT2D eigenvalue weighted by molar-refractivity contribution is 0.0750. The van der Waals surface area contributed by atoms with Crippen molar-refractivity contribution in [2.75, 3.05) is 26.2 Å². The topological polar surface area (TPSA) is 62.5 Å². The van der Waals surface area contributed by atoms with E-state index in [1.54, 1.807) is 17.4 Å². The van der Waals surface area contributed by atoms with Gasteiger partial charge in [0.25, 0.3) is 5.91 Å². The molecule has 1 aliphatic rings. The highest BCUT2D eigenvalue weighted by Crippen LogP contribution is 2.26. The molecule has 3 heterocycles. The van der Waals surface area contributed by atoms with E-state index in [1.807, 2.05) is 36.1 Å². The van der Waals surface area contributed by atoms with Gasteiger partial charge in [-0.05, 0) is 13.3 Å². The van der Waals surface area contributed by atoms with Crippen LogP contribution in [0, 0.1) is 6.92 Å². The highest BCUT2D eigenvalue weighted by atomic mass is 32.1. The molecule has 1 aromatic carbocycles. The largest absolute Gasteiger partial charge is 0.355 e. The van der Waals surface area contributed by atoms with E-state index in [9.17, 15) is 4.79 Å². The van der Waals surface area contributed by atoms with Gasteiger partial charge in [0.15, 0.2) is 11.5 Å². The lowest BCUT2D eigenvalue weighted by atomic mass is 9.98. The summed E-state index contributed by atoms with van der Waals surface area (Å²) in [6.07, 6.45) is 0.935. The molecular formula is C24H30N4O2S. The highest BCUT2D eigenvalue weighted by molar-refractivity contribution is 7.09. The van der Waals surface area contributed by atoms with Crippen LogP contribution < -0.4 is 0 Å². The van der Waals surface area contributed by atoms with Crippen molar-refractivity contribution in [3.63, 3.8) is 0 Å². The van der Waals surface area contributed by atoms with E-state index < -0.39 is 0 Å². The number of amides is 1. The van der Waals surface area contributed by atoms with E-state index in [0.717, 1.165) is 43.9 Å². The maximum absolute atomic E-state index is 13.0. The third kappa shape index (κ3) is 5.22. The average molecular weight is 439 g/mol. The Balaban J connectivity index is 1.37. The molecule has 0 unspecified atom stereocenters. The lowest BCUT2D eigenvalue weighted by Crippen LogP contribution is -2.35. The number of benzene rings is 1. The van der Waals surface area contributed by atoms with Crippen molar-refractivity contribution in [1.82, 2.24) is 19.9 Å². The molecule has 2 aromatic heterocycles. The maximum atomic E-state index is 13.0. The van der Waals surface area contributed by atoms with Crippen LogP contribution in [0.1, 0.15) is 53.9 Å². The van der Waals surface area contributed by atoms with Gasteiger partial charge in [0.1, 0.15) is 0 Å². The SMILES string of the molecule is Cc1ccc(-c2cc(C(=O)N3CCCN(Cc4csc(C(C)(C)C)n4)CC3)no2)cc1. The second kappa shape index (κ2) is 8.93. The van der Waals surface area contributed by atoms with Gasteiger partial charge < -0.3 is 9.42 Å². The number of hydrogen-bond acceptors (Lipinski definition) is 6. The summed E-state index contributed by atoms with van der Waals surface area (Å²) in [7, 11) is 0. The second-order valence-corrected chi connectivity index (χ2v) is 10.1. The van der Waals surface area contributed by atoms with Crippen LogP contribution in [0.25, 0.3) is 11.3 Å². The summed E-state index contributed by atoms with van der Waals surface area (Å²) in [5.41, 5.74) is 3.69. The Kier molecular flexibility index (Phi) is 6.25. The molecule has 4 rings (SSSR count). The minimum Gasteiger partial charge on any atom is -0.355 e. The molecule has 0 atom stereocenters. The zero-order valence-corrected chi connectivity index (χ0v) is 19.5. The Labute approximate surface area is 187 Å². The first-order valence-electron chi connectivity index (χ1n) is 10.8. The van der Waals surface area contributed by atoms with Gasteiger partial charge in [-0.3, -0.25) is 9.69 Å². The third-order valence-electron chi connectivity index (χ3n) is 5.52. The van der Waals surface area contributed by atoms with Gasteiger partial charge in [-0.2, -0.15) is 0 Å². The van der Waals surface area contributed by atoms with Gasteiger partial charge in [0.05, 0.1) is 10.7 Å². The molecule has 3 aromatic rings. The molecule has 31 heavy (non-hydrogen) atoms. The molecule has 1 fully saturated rings. The van der Waals surface area contributed by atoms with E-state index in [0.29, 0.717) is 18.0 Å². The van der Waals surface area contributed by atoms with Crippen molar-refractivity contribution in [3.05, 3.63) is 57.7 Å². The summed E-state index contributed by atoms with van der Waals surface area (Å²) >= 11 is 1.73. The molecule has 0 N–H and O–H groups in total. The monoisotopic (exact) mass is 438 g/mol. The quantitative estimate of drug-likeness (QED) is 0.588. The number of rotatable bonds is 4. The summed E-state index contributed by atoms with van der Waals surface area (Å²) in [6.45, 7) is 12.7. The van der Waals surface area contributed by atoms with Crippen molar-refractivity contribution in [3.8, 4) is 11.3 Å². The molecule has 0 aliphatic carbocycles. The fourth-order valence-electron chi connectivity index (χ4n) is 3.68. The first kappa shape index (κ1) is 21.7. The Hall–Kier alpha value is -2.51. The Morgan fingerprint density at radius 2 is 1.90 bits per heavy atom. The normalized spacial score (nSPS) is 15.8. The third-order valence-corrected chi connectivity index (χ3v) is 6.84. The lowest BCUT2D eigenvalue weighted by Gasteiger charge is -2.20. The Morgan fingerprint density at radius 1 is 1.13 bits per heavy atom. The molecular weight excluding hydrogens is 408 g/mol. The van der Waals surface area contributed by atoms with Crippen LogP contribution in [-0.2, 0) is 12.0 Å². The fourth-order valence-corrected chi connectivity index (χ4v) is 4.58. The molecule has 6 nitrogen and oxygen atoms in total. The zero-order chi connectivity index (χ0) is 22.0. The first-order chi connectivity index (χ1) is 14.8. The molecule has 164 valence electrons. The number of carbonyl (C=O) groups excluding carboxylic acids is 1. The highest BCUT2D eigenvalue weighted by Gasteiger charge is 2.24. The molecule has 7 heteroatoms. The molecule has 1 saturated heterocycles. The number of carbonyl (C=O) groups is 1. The molecule has 1 aliphatic heterocycles. The number of thiazole rings is 1. The van der Waals surface area contributed by atoms with Crippen molar-refractivity contribution in [2.45, 2.75) is 46.1 Å². The molecule has 0 saturated carbocycles. The van der Waals surface area contributed by atoms with Gasteiger partial charge in [0, 0.05) is 55.1 Å². The van der Waals surface area contributed by atoms with Crippen LogP contribution in [0.4, 0.5) is 0 Å². The van der Waals surface area contributed by atoms with E-state index in [4.69, 9.17) is 9.51 Å². The number of aromatic nitrogens is 2. The van der Waals surface area contributed by atoms with Crippen LogP contribution in [0.5, 0.6) is 0 Å². The summed E-state index contributed by atoms with van der Waals surface area (Å²) in [5, 5.41) is 7.38. The van der Waals surface area contributed by atoms with Gasteiger partial charge in [-0.15, -0.1) is 11.3 Å². The van der Waals surface area contributed by atoms with E-state index in [-0.39, 0.29) is 11.3 Å². The minimum atomic E-state index is -0.0624. The van der Waals surface area contributed by atoms with Crippen LogP contribution in [-0.4, -0.2) is 52.0 Å². The molecule has 1 amide bonds. The van der Waals surface area contributed by atoms with E-state index >= 15 is 0 Å². The van der Waals surface area contributed by atoms with E-state index in [1.165, 1.54) is 10.6 Å². The van der Waals surface area contributed by atoms with Crippen LogP contribution >= 0.6 is 11.3 Å². The predicted octanol–water partition coefficient (Wildman–Crippen LogP) is 4.75. The summed E-state index contributed by atoms with van der Waals surface area (Å²) in [5.74, 6) is 0.561.